The van der Waals surface area contributed by atoms with Crippen molar-refractivity contribution in [2.75, 3.05) is 26.7 Å². The predicted octanol–water partition coefficient (Wildman–Crippen LogP) is 0.560. The van der Waals surface area contributed by atoms with Gasteiger partial charge in [0.15, 0.2) is 0 Å². The molecule has 0 amide bonds. The van der Waals surface area contributed by atoms with Crippen molar-refractivity contribution in [3.05, 3.63) is 0 Å². The fourth-order valence-corrected chi connectivity index (χ4v) is 4.40. The van der Waals surface area contributed by atoms with Crippen LogP contribution >= 0.6 is 0 Å². The minimum absolute atomic E-state index is 0.0760. The van der Waals surface area contributed by atoms with Crippen LogP contribution in [0, 0.1) is 17.8 Å². The van der Waals surface area contributed by atoms with Crippen LogP contribution in [0.3, 0.4) is 0 Å². The van der Waals surface area contributed by atoms with Gasteiger partial charge in [-0.3, -0.25) is 0 Å². The average Bonchev–Trinajstić information content (AvgIpc) is 2.57. The molecule has 4 nitrogen and oxygen atoms in total. The Morgan fingerprint density at radius 3 is 2.53 bits per heavy atom. The number of piperidine rings is 3. The molecule has 5 rings (SSSR count). The van der Waals surface area contributed by atoms with Crippen molar-refractivity contribution in [2.45, 2.75) is 18.6 Å². The summed E-state index contributed by atoms with van der Waals surface area (Å²) in [5, 5.41) is 4.05. The summed E-state index contributed by atoms with van der Waals surface area (Å²) in [7, 11) is 2.12. The van der Waals surface area contributed by atoms with Crippen molar-refractivity contribution >= 4 is 6.34 Å². The second-order valence-electron chi connectivity index (χ2n) is 5.62. The zero-order valence-electron chi connectivity index (χ0n) is 9.09. The van der Waals surface area contributed by atoms with Crippen molar-refractivity contribution < 1.29 is 4.84 Å². The maximum absolute atomic E-state index is 5.80. The second-order valence-corrected chi connectivity index (χ2v) is 5.62. The highest BCUT2D eigenvalue weighted by Crippen LogP contribution is 2.53. The topological polar surface area (TPSA) is 28.1 Å². The Bertz CT molecular complexity index is 300. The van der Waals surface area contributed by atoms with Crippen LogP contribution in [0.1, 0.15) is 12.8 Å². The van der Waals surface area contributed by atoms with E-state index in [9.17, 15) is 0 Å². The van der Waals surface area contributed by atoms with Crippen molar-refractivity contribution in [1.29, 1.82) is 0 Å². The molecule has 0 N–H and O–H groups in total. The molecule has 5 aliphatic rings. The van der Waals surface area contributed by atoms with Crippen LogP contribution in [0.15, 0.2) is 5.16 Å². The van der Waals surface area contributed by atoms with E-state index < -0.39 is 0 Å². The number of hydrogen-bond acceptors (Lipinski definition) is 4. The smallest absolute Gasteiger partial charge is 0.218 e. The molecule has 3 saturated heterocycles. The first kappa shape index (κ1) is 8.39. The van der Waals surface area contributed by atoms with Crippen LogP contribution < -0.4 is 0 Å². The molecular formula is C11H17N3O. The first-order valence-electron chi connectivity index (χ1n) is 5.96. The molecule has 1 aliphatic carbocycles. The van der Waals surface area contributed by atoms with Crippen LogP contribution in [0.2, 0.25) is 0 Å². The van der Waals surface area contributed by atoms with Gasteiger partial charge < -0.3 is 14.6 Å². The van der Waals surface area contributed by atoms with Gasteiger partial charge in [0.05, 0.1) is 0 Å². The maximum Gasteiger partial charge on any atom is 0.218 e. The summed E-state index contributed by atoms with van der Waals surface area (Å²) in [6.45, 7) is 3.75. The molecule has 2 unspecified atom stereocenters. The number of hydrogen-bond donors (Lipinski definition) is 0. The van der Waals surface area contributed by atoms with Gasteiger partial charge in [0.25, 0.3) is 0 Å². The summed E-state index contributed by atoms with van der Waals surface area (Å²) < 4.78 is 0. The van der Waals surface area contributed by atoms with Crippen molar-refractivity contribution in [3.63, 3.8) is 0 Å². The van der Waals surface area contributed by atoms with Gasteiger partial charge in [0.1, 0.15) is 6.34 Å². The molecule has 4 fully saturated rings. The molecule has 0 aromatic carbocycles. The van der Waals surface area contributed by atoms with Gasteiger partial charge in [0.2, 0.25) is 5.72 Å². The number of nitrogens with zero attached hydrogens (tertiary/aromatic N) is 3. The Hall–Kier alpha value is -0.770. The molecule has 0 aromatic heterocycles. The normalized spacial score (nSPS) is 55.4. The summed E-state index contributed by atoms with van der Waals surface area (Å²) in [4.78, 5) is 10.6. The Morgan fingerprint density at radius 2 is 2.00 bits per heavy atom. The Morgan fingerprint density at radius 1 is 1.27 bits per heavy atom. The minimum atomic E-state index is -0.0760. The Balaban J connectivity index is 1.76. The van der Waals surface area contributed by atoms with Crippen LogP contribution in [-0.2, 0) is 4.84 Å². The van der Waals surface area contributed by atoms with E-state index in [2.05, 4.69) is 22.0 Å². The lowest BCUT2D eigenvalue weighted by molar-refractivity contribution is -0.245. The predicted molar refractivity (Wildman–Crippen MR) is 56.2 cm³/mol. The molecule has 2 atom stereocenters. The fraction of sp³-hybridized carbons (Fsp3) is 0.909. The summed E-state index contributed by atoms with van der Waals surface area (Å²) in [5.41, 5.74) is -0.0760. The standard InChI is InChI=1S/C11H17N3O/c1-13-7-12-15-11(13)9-2-8-3-10(11)6-14(4-8)5-9/h7-10H,2-6H2,1H3. The molecule has 0 radical (unpaired) electrons. The lowest BCUT2D eigenvalue weighted by Crippen LogP contribution is -2.70. The summed E-state index contributed by atoms with van der Waals surface area (Å²) >= 11 is 0. The highest BCUT2D eigenvalue weighted by Gasteiger charge is 2.62. The average molecular weight is 207 g/mol. The van der Waals surface area contributed by atoms with E-state index in [4.69, 9.17) is 4.84 Å². The second kappa shape index (κ2) is 2.48. The molecular weight excluding hydrogens is 190 g/mol. The van der Waals surface area contributed by atoms with E-state index in [0.717, 1.165) is 5.92 Å². The van der Waals surface area contributed by atoms with Crippen LogP contribution in [0.5, 0.6) is 0 Å². The first-order chi connectivity index (χ1) is 7.29. The molecule has 1 saturated carbocycles. The molecule has 82 valence electrons. The molecule has 4 heteroatoms. The fourth-order valence-electron chi connectivity index (χ4n) is 4.40. The zero-order chi connectivity index (χ0) is 10.0. The highest BCUT2D eigenvalue weighted by molar-refractivity contribution is 5.57. The highest BCUT2D eigenvalue weighted by atomic mass is 16.7. The van der Waals surface area contributed by atoms with Crippen molar-refractivity contribution in [1.82, 2.24) is 9.80 Å². The van der Waals surface area contributed by atoms with Gasteiger partial charge in [-0.1, -0.05) is 5.16 Å². The van der Waals surface area contributed by atoms with Crippen molar-refractivity contribution in [2.24, 2.45) is 22.9 Å². The third-order valence-electron chi connectivity index (χ3n) is 4.85. The Labute approximate surface area is 89.8 Å². The van der Waals surface area contributed by atoms with Crippen LogP contribution in [0.25, 0.3) is 0 Å². The van der Waals surface area contributed by atoms with E-state index in [1.165, 1.54) is 32.5 Å². The van der Waals surface area contributed by atoms with E-state index in [1.54, 1.807) is 0 Å². The third-order valence-corrected chi connectivity index (χ3v) is 4.85. The van der Waals surface area contributed by atoms with Gasteiger partial charge >= 0.3 is 0 Å². The Kier molecular flexibility index (Phi) is 1.39. The van der Waals surface area contributed by atoms with Gasteiger partial charge in [-0.25, -0.2) is 0 Å². The lowest BCUT2D eigenvalue weighted by Gasteiger charge is -2.60. The van der Waals surface area contributed by atoms with Gasteiger partial charge in [-0.2, -0.15) is 0 Å². The minimum Gasteiger partial charge on any atom is -0.365 e. The molecule has 15 heavy (non-hydrogen) atoms. The monoisotopic (exact) mass is 207 g/mol. The summed E-state index contributed by atoms with van der Waals surface area (Å²) in [6, 6.07) is 0. The largest absolute Gasteiger partial charge is 0.365 e. The zero-order valence-corrected chi connectivity index (χ0v) is 9.09. The van der Waals surface area contributed by atoms with E-state index in [-0.39, 0.29) is 5.72 Å². The number of rotatable bonds is 0. The van der Waals surface area contributed by atoms with Crippen LogP contribution in [0.4, 0.5) is 0 Å². The third kappa shape index (κ3) is 0.853. The van der Waals surface area contributed by atoms with Gasteiger partial charge in [0, 0.05) is 38.5 Å². The van der Waals surface area contributed by atoms with Crippen LogP contribution in [-0.4, -0.2) is 48.5 Å². The molecule has 4 heterocycles. The lowest BCUT2D eigenvalue weighted by atomic mass is 9.62. The van der Waals surface area contributed by atoms with Gasteiger partial charge in [-0.05, 0) is 18.8 Å². The van der Waals surface area contributed by atoms with E-state index >= 15 is 0 Å². The first-order valence-corrected chi connectivity index (χ1v) is 5.96. The van der Waals surface area contributed by atoms with Crippen molar-refractivity contribution in [3.8, 4) is 0 Å². The molecule has 4 bridgehead atoms. The molecule has 4 aliphatic heterocycles. The SMILES string of the molecule is CN1C=NOC12C1CC3CC2CN(C3)C1. The van der Waals surface area contributed by atoms with E-state index in [1.807, 2.05) is 6.34 Å². The molecule has 0 aromatic rings. The van der Waals surface area contributed by atoms with Gasteiger partial charge in [-0.15, -0.1) is 0 Å². The molecule has 1 spiro atoms. The maximum atomic E-state index is 5.80. The quantitative estimate of drug-likeness (QED) is 0.581. The number of oxime groups is 1. The summed E-state index contributed by atoms with van der Waals surface area (Å²) in [6.07, 6.45) is 4.53. The summed E-state index contributed by atoms with van der Waals surface area (Å²) in [5.74, 6) is 2.25. The van der Waals surface area contributed by atoms with E-state index in [0.29, 0.717) is 11.8 Å².